The second kappa shape index (κ2) is 7.48. The number of aryl methyl sites for hydroxylation is 1. The van der Waals surface area contributed by atoms with Crippen molar-refractivity contribution in [3.05, 3.63) is 52.0 Å². The van der Waals surface area contributed by atoms with Gasteiger partial charge in [0.05, 0.1) is 0 Å². The van der Waals surface area contributed by atoms with Gasteiger partial charge in [-0.25, -0.2) is 9.48 Å². The fraction of sp³-hybridized carbons (Fsp3) is 0.474. The van der Waals surface area contributed by atoms with E-state index in [1.165, 1.54) is 10.2 Å². The molecule has 0 amide bonds. The fourth-order valence-corrected chi connectivity index (χ4v) is 3.50. The van der Waals surface area contributed by atoms with Gasteiger partial charge in [-0.3, -0.25) is 4.57 Å². The van der Waals surface area contributed by atoms with E-state index in [0.29, 0.717) is 18.3 Å². The predicted molar refractivity (Wildman–Crippen MR) is 101 cm³/mol. The molecule has 0 radical (unpaired) electrons. The molecule has 1 saturated heterocycles. The number of piperidine rings is 1. The number of rotatable bonds is 5. The number of benzene rings is 1. The average Bonchev–Trinajstić information content (AvgIpc) is 3.28. The first kappa shape index (κ1) is 17.7. The zero-order valence-corrected chi connectivity index (χ0v) is 15.7. The molecular formula is C19H24N6O2. The van der Waals surface area contributed by atoms with E-state index in [9.17, 15) is 4.79 Å². The first-order chi connectivity index (χ1) is 13.2. The molecule has 1 aromatic carbocycles. The Hall–Kier alpha value is -2.74. The standard InChI is InChI=1S/C19H24N6O2/c1-3-24-18(15-5-4-10-20-11-15)22-25(19(24)26)12-16-21-17(23-27-16)14-8-6-13(2)7-9-14/h6-9,15,20H,3-5,10-12H2,1-2H3/t15-/m0/s1. The maximum absolute atomic E-state index is 12.7. The van der Waals surface area contributed by atoms with Crippen LogP contribution in [0.4, 0.5) is 0 Å². The monoisotopic (exact) mass is 368 g/mol. The number of nitrogens with zero attached hydrogens (tertiary/aromatic N) is 5. The highest BCUT2D eigenvalue weighted by Crippen LogP contribution is 2.21. The molecular weight excluding hydrogens is 344 g/mol. The van der Waals surface area contributed by atoms with Gasteiger partial charge in [-0.05, 0) is 33.2 Å². The van der Waals surface area contributed by atoms with Gasteiger partial charge in [0, 0.05) is 24.6 Å². The lowest BCUT2D eigenvalue weighted by Gasteiger charge is -2.21. The third kappa shape index (κ3) is 3.57. The van der Waals surface area contributed by atoms with Crippen molar-refractivity contribution in [1.29, 1.82) is 0 Å². The molecule has 0 unspecified atom stereocenters. The highest BCUT2D eigenvalue weighted by Gasteiger charge is 2.24. The topological polar surface area (TPSA) is 90.8 Å². The number of aromatic nitrogens is 5. The van der Waals surface area contributed by atoms with Crippen LogP contribution >= 0.6 is 0 Å². The Kier molecular flexibility index (Phi) is 4.89. The summed E-state index contributed by atoms with van der Waals surface area (Å²) in [7, 11) is 0. The van der Waals surface area contributed by atoms with Gasteiger partial charge < -0.3 is 9.84 Å². The third-order valence-corrected chi connectivity index (χ3v) is 4.99. The first-order valence-electron chi connectivity index (χ1n) is 9.43. The summed E-state index contributed by atoms with van der Waals surface area (Å²) in [5, 5.41) is 12.0. The molecule has 8 heteroatoms. The molecule has 27 heavy (non-hydrogen) atoms. The van der Waals surface area contributed by atoms with Crippen molar-refractivity contribution in [2.75, 3.05) is 13.1 Å². The summed E-state index contributed by atoms with van der Waals surface area (Å²) in [6.07, 6.45) is 2.14. The quantitative estimate of drug-likeness (QED) is 0.740. The molecule has 0 bridgehead atoms. The molecule has 2 aromatic heterocycles. The molecule has 3 aromatic rings. The molecule has 1 aliphatic rings. The molecule has 1 aliphatic heterocycles. The Morgan fingerprint density at radius 1 is 1.30 bits per heavy atom. The molecule has 8 nitrogen and oxygen atoms in total. The van der Waals surface area contributed by atoms with Crippen LogP contribution in [0.5, 0.6) is 0 Å². The summed E-state index contributed by atoms with van der Waals surface area (Å²) in [5.41, 5.74) is 1.92. The second-order valence-corrected chi connectivity index (χ2v) is 6.96. The lowest BCUT2D eigenvalue weighted by atomic mass is 9.99. The molecule has 4 rings (SSSR count). The number of nitrogens with one attached hydrogen (secondary N) is 1. The van der Waals surface area contributed by atoms with Gasteiger partial charge in [-0.1, -0.05) is 35.0 Å². The highest BCUT2D eigenvalue weighted by molar-refractivity contribution is 5.54. The minimum Gasteiger partial charge on any atom is -0.337 e. The van der Waals surface area contributed by atoms with Crippen LogP contribution in [-0.4, -0.2) is 37.6 Å². The summed E-state index contributed by atoms with van der Waals surface area (Å²) in [4.78, 5) is 17.2. The third-order valence-electron chi connectivity index (χ3n) is 4.99. The van der Waals surface area contributed by atoms with Crippen LogP contribution < -0.4 is 11.0 Å². The zero-order valence-electron chi connectivity index (χ0n) is 15.7. The molecule has 0 saturated carbocycles. The van der Waals surface area contributed by atoms with Crippen molar-refractivity contribution in [2.24, 2.45) is 0 Å². The van der Waals surface area contributed by atoms with Crippen LogP contribution in [0.25, 0.3) is 11.4 Å². The molecule has 0 aliphatic carbocycles. The van der Waals surface area contributed by atoms with E-state index >= 15 is 0 Å². The summed E-state index contributed by atoms with van der Waals surface area (Å²) < 4.78 is 8.53. The highest BCUT2D eigenvalue weighted by atomic mass is 16.5. The molecule has 0 spiro atoms. The Balaban J connectivity index is 1.58. The molecule has 1 fully saturated rings. The average molecular weight is 368 g/mol. The van der Waals surface area contributed by atoms with Gasteiger partial charge in [-0.15, -0.1) is 0 Å². The summed E-state index contributed by atoms with van der Waals surface area (Å²) in [6, 6.07) is 7.92. The van der Waals surface area contributed by atoms with E-state index in [4.69, 9.17) is 4.52 Å². The maximum atomic E-state index is 12.7. The maximum Gasteiger partial charge on any atom is 0.346 e. The zero-order chi connectivity index (χ0) is 18.8. The van der Waals surface area contributed by atoms with Crippen LogP contribution in [-0.2, 0) is 13.1 Å². The second-order valence-electron chi connectivity index (χ2n) is 6.96. The molecule has 1 atom stereocenters. The largest absolute Gasteiger partial charge is 0.346 e. The molecule has 1 N–H and O–H groups in total. The minimum atomic E-state index is -0.131. The Morgan fingerprint density at radius 2 is 2.11 bits per heavy atom. The van der Waals surface area contributed by atoms with Crippen LogP contribution in [0.3, 0.4) is 0 Å². The van der Waals surface area contributed by atoms with Crippen LogP contribution in [0, 0.1) is 6.92 Å². The van der Waals surface area contributed by atoms with Crippen molar-refractivity contribution in [3.63, 3.8) is 0 Å². The van der Waals surface area contributed by atoms with E-state index in [1.54, 1.807) is 4.57 Å². The molecule has 142 valence electrons. The summed E-state index contributed by atoms with van der Waals surface area (Å²) >= 11 is 0. The van der Waals surface area contributed by atoms with Crippen molar-refractivity contribution in [2.45, 2.75) is 45.7 Å². The van der Waals surface area contributed by atoms with Gasteiger partial charge in [-0.2, -0.15) is 10.1 Å². The number of hydrogen-bond donors (Lipinski definition) is 1. The smallest absolute Gasteiger partial charge is 0.337 e. The van der Waals surface area contributed by atoms with Crippen molar-refractivity contribution in [1.82, 2.24) is 29.8 Å². The van der Waals surface area contributed by atoms with E-state index in [1.807, 2.05) is 38.1 Å². The minimum absolute atomic E-state index is 0.131. The normalized spacial score (nSPS) is 17.3. The Bertz CT molecular complexity index is 963. The summed E-state index contributed by atoms with van der Waals surface area (Å²) in [5.74, 6) is 2.00. The first-order valence-corrected chi connectivity index (χ1v) is 9.43. The van der Waals surface area contributed by atoms with Crippen molar-refractivity contribution in [3.8, 4) is 11.4 Å². The van der Waals surface area contributed by atoms with Gasteiger partial charge >= 0.3 is 5.69 Å². The van der Waals surface area contributed by atoms with Crippen LogP contribution in [0.15, 0.2) is 33.6 Å². The molecule has 3 heterocycles. The van der Waals surface area contributed by atoms with Crippen molar-refractivity contribution >= 4 is 0 Å². The Labute approximate surface area is 157 Å². The lowest BCUT2D eigenvalue weighted by molar-refractivity contribution is 0.363. The van der Waals surface area contributed by atoms with Gasteiger partial charge in [0.25, 0.3) is 0 Å². The van der Waals surface area contributed by atoms with Crippen LogP contribution in [0.1, 0.15) is 43.0 Å². The van der Waals surface area contributed by atoms with E-state index in [0.717, 1.165) is 37.3 Å². The van der Waals surface area contributed by atoms with Gasteiger partial charge in [0.15, 0.2) is 0 Å². The number of hydrogen-bond acceptors (Lipinski definition) is 6. The SMILES string of the molecule is CCn1c([C@H]2CCCNC2)nn(Cc2nc(-c3ccc(C)cc3)no2)c1=O. The lowest BCUT2D eigenvalue weighted by Crippen LogP contribution is -2.31. The van der Waals surface area contributed by atoms with E-state index in [2.05, 4.69) is 20.6 Å². The van der Waals surface area contributed by atoms with Gasteiger partial charge in [0.2, 0.25) is 11.7 Å². The van der Waals surface area contributed by atoms with Crippen molar-refractivity contribution < 1.29 is 4.52 Å². The van der Waals surface area contributed by atoms with E-state index < -0.39 is 0 Å². The van der Waals surface area contributed by atoms with Crippen LogP contribution in [0.2, 0.25) is 0 Å². The fourth-order valence-electron chi connectivity index (χ4n) is 3.50. The Morgan fingerprint density at radius 3 is 2.81 bits per heavy atom. The van der Waals surface area contributed by atoms with Gasteiger partial charge in [0.1, 0.15) is 12.4 Å². The predicted octanol–water partition coefficient (Wildman–Crippen LogP) is 1.94. The van der Waals surface area contributed by atoms with E-state index in [-0.39, 0.29) is 18.2 Å². The summed E-state index contributed by atoms with van der Waals surface area (Å²) in [6.45, 7) is 6.66.